The predicted octanol–water partition coefficient (Wildman–Crippen LogP) is 3.18. The summed E-state index contributed by atoms with van der Waals surface area (Å²) in [4.78, 5) is 9.39. The molecule has 0 aliphatic heterocycles. The van der Waals surface area contributed by atoms with Gasteiger partial charge < -0.3 is 11.1 Å². The van der Waals surface area contributed by atoms with Crippen LogP contribution in [-0.4, -0.2) is 26.3 Å². The van der Waals surface area contributed by atoms with Gasteiger partial charge in [-0.3, -0.25) is 4.68 Å². The SMILES string of the molecule is NCCc1nc(N[C@H](Cn2cccn2)c2ccccc2)c2ccccc2n1. The van der Waals surface area contributed by atoms with Gasteiger partial charge >= 0.3 is 0 Å². The Morgan fingerprint density at radius 1 is 0.963 bits per heavy atom. The standard InChI is InChI=1S/C21H22N6/c22-12-11-20-24-18-10-5-4-9-17(18)21(26-20)25-19(15-27-14-6-13-23-27)16-7-2-1-3-8-16/h1-10,13-14,19H,11-12,15,22H2,(H,24,25,26)/t19-/m1/s1. The van der Waals surface area contributed by atoms with Gasteiger partial charge in [0.05, 0.1) is 18.1 Å². The van der Waals surface area contributed by atoms with Crippen LogP contribution in [0, 0.1) is 0 Å². The molecule has 27 heavy (non-hydrogen) atoms. The van der Waals surface area contributed by atoms with Crippen molar-refractivity contribution in [2.24, 2.45) is 5.73 Å². The molecule has 0 aliphatic rings. The number of nitrogens with one attached hydrogen (secondary N) is 1. The molecule has 0 radical (unpaired) electrons. The summed E-state index contributed by atoms with van der Waals surface area (Å²) >= 11 is 0. The number of anilines is 1. The third-order valence-corrected chi connectivity index (χ3v) is 4.46. The number of fused-ring (bicyclic) bond motifs is 1. The summed E-state index contributed by atoms with van der Waals surface area (Å²) in [6.45, 7) is 1.22. The molecule has 2 aromatic heterocycles. The van der Waals surface area contributed by atoms with E-state index in [0.717, 1.165) is 22.5 Å². The van der Waals surface area contributed by atoms with Crippen molar-refractivity contribution in [3.63, 3.8) is 0 Å². The van der Waals surface area contributed by atoms with E-state index in [1.807, 2.05) is 59.4 Å². The molecule has 0 amide bonds. The summed E-state index contributed by atoms with van der Waals surface area (Å²) in [5.74, 6) is 1.58. The lowest BCUT2D eigenvalue weighted by Crippen LogP contribution is -2.19. The number of aromatic nitrogens is 4. The minimum absolute atomic E-state index is 0.0233. The number of nitrogens with zero attached hydrogens (tertiary/aromatic N) is 4. The van der Waals surface area contributed by atoms with Crippen molar-refractivity contribution in [1.29, 1.82) is 0 Å². The molecule has 2 heterocycles. The minimum atomic E-state index is 0.0233. The third kappa shape index (κ3) is 3.96. The van der Waals surface area contributed by atoms with Gasteiger partial charge in [-0.05, 0) is 30.3 Å². The molecule has 0 aliphatic carbocycles. The second kappa shape index (κ2) is 7.97. The Kier molecular flexibility index (Phi) is 5.07. The van der Waals surface area contributed by atoms with Crippen LogP contribution >= 0.6 is 0 Å². The van der Waals surface area contributed by atoms with Crippen LogP contribution in [0.4, 0.5) is 5.82 Å². The Bertz CT molecular complexity index is 998. The van der Waals surface area contributed by atoms with Gasteiger partial charge in [-0.25, -0.2) is 9.97 Å². The molecular weight excluding hydrogens is 336 g/mol. The van der Waals surface area contributed by atoms with E-state index in [0.29, 0.717) is 19.5 Å². The van der Waals surface area contributed by atoms with E-state index in [1.165, 1.54) is 5.56 Å². The molecule has 4 aromatic rings. The van der Waals surface area contributed by atoms with Gasteiger partial charge in [0.15, 0.2) is 0 Å². The fourth-order valence-corrected chi connectivity index (χ4v) is 3.16. The summed E-state index contributed by atoms with van der Waals surface area (Å²) in [7, 11) is 0. The van der Waals surface area contributed by atoms with Crippen molar-refractivity contribution in [3.8, 4) is 0 Å². The molecule has 4 rings (SSSR count). The largest absolute Gasteiger partial charge is 0.361 e. The maximum Gasteiger partial charge on any atom is 0.138 e. The van der Waals surface area contributed by atoms with Gasteiger partial charge in [-0.15, -0.1) is 0 Å². The average Bonchev–Trinajstić information content (AvgIpc) is 3.22. The smallest absolute Gasteiger partial charge is 0.138 e. The Morgan fingerprint density at radius 2 is 1.78 bits per heavy atom. The monoisotopic (exact) mass is 358 g/mol. The van der Waals surface area contributed by atoms with Gasteiger partial charge in [0.1, 0.15) is 11.6 Å². The Balaban J connectivity index is 1.74. The number of para-hydroxylation sites is 1. The molecule has 6 nitrogen and oxygen atoms in total. The number of nitrogens with two attached hydrogens (primary N) is 1. The number of rotatable bonds is 7. The summed E-state index contributed by atoms with van der Waals surface area (Å²) in [6, 6.07) is 20.3. The van der Waals surface area contributed by atoms with Gasteiger partial charge in [0, 0.05) is 24.2 Å². The van der Waals surface area contributed by atoms with E-state index in [-0.39, 0.29) is 6.04 Å². The fraction of sp³-hybridized carbons (Fsp3) is 0.190. The summed E-state index contributed by atoms with van der Waals surface area (Å²) in [5, 5.41) is 8.98. The predicted molar refractivity (Wildman–Crippen MR) is 107 cm³/mol. The highest BCUT2D eigenvalue weighted by Gasteiger charge is 2.16. The molecule has 0 bridgehead atoms. The summed E-state index contributed by atoms with van der Waals surface area (Å²) < 4.78 is 1.93. The van der Waals surface area contributed by atoms with Crippen molar-refractivity contribution in [2.45, 2.75) is 19.0 Å². The van der Waals surface area contributed by atoms with Crippen molar-refractivity contribution in [1.82, 2.24) is 19.7 Å². The first-order chi connectivity index (χ1) is 13.3. The second-order valence-corrected chi connectivity index (χ2v) is 6.38. The van der Waals surface area contributed by atoms with Crippen molar-refractivity contribution < 1.29 is 0 Å². The topological polar surface area (TPSA) is 81.6 Å². The Morgan fingerprint density at radius 3 is 2.56 bits per heavy atom. The van der Waals surface area contributed by atoms with Crippen LogP contribution in [0.15, 0.2) is 73.1 Å². The van der Waals surface area contributed by atoms with E-state index in [9.17, 15) is 0 Å². The van der Waals surface area contributed by atoms with E-state index >= 15 is 0 Å². The maximum atomic E-state index is 5.73. The fourth-order valence-electron chi connectivity index (χ4n) is 3.16. The first kappa shape index (κ1) is 17.2. The third-order valence-electron chi connectivity index (χ3n) is 4.46. The molecule has 3 N–H and O–H groups in total. The lowest BCUT2D eigenvalue weighted by atomic mass is 10.1. The molecule has 0 unspecified atom stereocenters. The zero-order valence-electron chi connectivity index (χ0n) is 15.0. The second-order valence-electron chi connectivity index (χ2n) is 6.38. The Labute approximate surface area is 158 Å². The molecule has 2 aromatic carbocycles. The molecule has 0 saturated carbocycles. The molecule has 136 valence electrons. The highest BCUT2D eigenvalue weighted by atomic mass is 15.3. The number of hydrogen-bond acceptors (Lipinski definition) is 5. The van der Waals surface area contributed by atoms with E-state index in [4.69, 9.17) is 10.7 Å². The van der Waals surface area contributed by atoms with Crippen molar-refractivity contribution >= 4 is 16.7 Å². The molecular formula is C21H22N6. The molecule has 1 atom stereocenters. The zero-order chi connectivity index (χ0) is 18.5. The number of benzene rings is 2. The van der Waals surface area contributed by atoms with Gasteiger partial charge in [-0.1, -0.05) is 42.5 Å². The zero-order valence-corrected chi connectivity index (χ0v) is 15.0. The molecule has 6 heteroatoms. The van der Waals surface area contributed by atoms with Gasteiger partial charge in [0.2, 0.25) is 0 Å². The van der Waals surface area contributed by atoms with Gasteiger partial charge in [-0.2, -0.15) is 5.10 Å². The van der Waals surface area contributed by atoms with E-state index in [1.54, 1.807) is 6.20 Å². The lowest BCUT2D eigenvalue weighted by Gasteiger charge is -2.21. The van der Waals surface area contributed by atoms with Crippen LogP contribution in [0.3, 0.4) is 0 Å². The van der Waals surface area contributed by atoms with Crippen LogP contribution in [-0.2, 0) is 13.0 Å². The van der Waals surface area contributed by atoms with Crippen LogP contribution in [0.2, 0.25) is 0 Å². The first-order valence-electron chi connectivity index (χ1n) is 9.08. The highest BCUT2D eigenvalue weighted by Crippen LogP contribution is 2.26. The lowest BCUT2D eigenvalue weighted by molar-refractivity contribution is 0.550. The molecule has 0 spiro atoms. The number of hydrogen-bond donors (Lipinski definition) is 2. The highest BCUT2D eigenvalue weighted by molar-refractivity contribution is 5.89. The quantitative estimate of drug-likeness (QED) is 0.530. The van der Waals surface area contributed by atoms with Crippen LogP contribution in [0.5, 0.6) is 0 Å². The molecule has 0 fully saturated rings. The van der Waals surface area contributed by atoms with Crippen LogP contribution in [0.1, 0.15) is 17.4 Å². The van der Waals surface area contributed by atoms with Crippen LogP contribution < -0.4 is 11.1 Å². The molecule has 0 saturated heterocycles. The Hall–Kier alpha value is -3.25. The summed E-state index contributed by atoms with van der Waals surface area (Å²) in [5.41, 5.74) is 7.82. The average molecular weight is 358 g/mol. The summed E-state index contributed by atoms with van der Waals surface area (Å²) in [6.07, 6.45) is 4.41. The van der Waals surface area contributed by atoms with Crippen LogP contribution in [0.25, 0.3) is 10.9 Å². The van der Waals surface area contributed by atoms with E-state index in [2.05, 4.69) is 27.5 Å². The van der Waals surface area contributed by atoms with E-state index < -0.39 is 0 Å². The van der Waals surface area contributed by atoms with Gasteiger partial charge in [0.25, 0.3) is 0 Å². The van der Waals surface area contributed by atoms with Crippen molar-refractivity contribution in [2.75, 3.05) is 11.9 Å². The minimum Gasteiger partial charge on any atom is -0.361 e. The van der Waals surface area contributed by atoms with Crippen molar-refractivity contribution in [3.05, 3.63) is 84.4 Å². The first-order valence-corrected chi connectivity index (χ1v) is 9.08. The maximum absolute atomic E-state index is 5.73. The normalized spacial score (nSPS) is 12.2.